The normalized spacial score (nSPS) is 17.8. The van der Waals surface area contributed by atoms with Crippen LogP contribution in [0, 0.1) is 5.92 Å². The maximum atomic E-state index is 12.5. The van der Waals surface area contributed by atoms with Crippen LogP contribution in [-0.2, 0) is 29.2 Å². The number of carbonyl (C=O) groups is 2. The summed E-state index contributed by atoms with van der Waals surface area (Å²) in [5.41, 5.74) is 8.63. The fourth-order valence-electron chi connectivity index (χ4n) is 3.56. The number of fused-ring (bicyclic) bond motifs is 1. The van der Waals surface area contributed by atoms with Gasteiger partial charge in [-0.1, -0.05) is 30.3 Å². The number of likely N-dealkylation sites (tertiary alicyclic amines) is 1. The van der Waals surface area contributed by atoms with Crippen LogP contribution in [-0.4, -0.2) is 30.1 Å². The monoisotopic (exact) mass is 381 g/mol. The van der Waals surface area contributed by atoms with Crippen molar-refractivity contribution in [2.75, 3.05) is 13.3 Å². The number of nitrogens with zero attached hydrogens (tertiary/aromatic N) is 1. The van der Waals surface area contributed by atoms with Gasteiger partial charge in [0, 0.05) is 32.6 Å². The molecule has 0 spiro atoms. The van der Waals surface area contributed by atoms with Gasteiger partial charge < -0.3 is 25.4 Å². The Morgan fingerprint density at radius 2 is 1.93 bits per heavy atom. The second kappa shape index (κ2) is 7.90. The summed E-state index contributed by atoms with van der Waals surface area (Å²) in [4.78, 5) is 26.6. The first-order valence-corrected chi connectivity index (χ1v) is 9.34. The Balaban J connectivity index is 1.32. The lowest BCUT2D eigenvalue weighted by atomic mass is 10.1. The summed E-state index contributed by atoms with van der Waals surface area (Å²) in [6.07, 6.45) is 0.235. The predicted octanol–water partition coefficient (Wildman–Crippen LogP) is 1.54. The molecule has 0 saturated carbocycles. The number of rotatable bonds is 6. The molecule has 7 nitrogen and oxygen atoms in total. The van der Waals surface area contributed by atoms with Crippen LogP contribution in [0.1, 0.15) is 23.1 Å². The van der Waals surface area contributed by atoms with E-state index in [4.69, 9.17) is 15.2 Å². The molecule has 0 aliphatic carbocycles. The van der Waals surface area contributed by atoms with Crippen LogP contribution in [0.25, 0.3) is 0 Å². The molecule has 1 fully saturated rings. The van der Waals surface area contributed by atoms with E-state index in [1.165, 1.54) is 0 Å². The Kier molecular flexibility index (Phi) is 5.16. The molecule has 2 aliphatic heterocycles. The highest BCUT2D eigenvalue weighted by molar-refractivity contribution is 5.89. The van der Waals surface area contributed by atoms with Crippen LogP contribution in [0.5, 0.6) is 11.5 Å². The molecule has 2 aromatic rings. The maximum Gasteiger partial charge on any atom is 0.231 e. The van der Waals surface area contributed by atoms with Crippen molar-refractivity contribution in [2.24, 2.45) is 11.7 Å². The molecular weight excluding hydrogens is 358 g/mol. The molecule has 1 unspecified atom stereocenters. The van der Waals surface area contributed by atoms with Gasteiger partial charge in [0.05, 0.1) is 5.92 Å². The van der Waals surface area contributed by atoms with Crippen LogP contribution in [0.15, 0.2) is 42.5 Å². The quantitative estimate of drug-likeness (QED) is 0.792. The molecule has 2 aromatic carbocycles. The minimum atomic E-state index is -0.334. The average Bonchev–Trinajstić information content (AvgIpc) is 3.32. The molecule has 0 aromatic heterocycles. The second-order valence-corrected chi connectivity index (χ2v) is 7.10. The molecule has 146 valence electrons. The van der Waals surface area contributed by atoms with E-state index in [-0.39, 0.29) is 30.9 Å². The SMILES string of the molecule is NCc1cccc(CNC(=O)C2CC(=O)N(Cc3ccc4c(c3)OCO4)C2)c1. The highest BCUT2D eigenvalue weighted by Gasteiger charge is 2.34. The van der Waals surface area contributed by atoms with Crippen molar-refractivity contribution in [2.45, 2.75) is 26.1 Å². The maximum absolute atomic E-state index is 12.5. The molecule has 2 amide bonds. The van der Waals surface area contributed by atoms with Crippen molar-refractivity contribution >= 4 is 11.8 Å². The summed E-state index contributed by atoms with van der Waals surface area (Å²) in [6.45, 7) is 1.99. The highest BCUT2D eigenvalue weighted by Crippen LogP contribution is 2.33. The van der Waals surface area contributed by atoms with Gasteiger partial charge in [0.1, 0.15) is 0 Å². The van der Waals surface area contributed by atoms with Gasteiger partial charge in [-0.25, -0.2) is 0 Å². The number of carbonyl (C=O) groups excluding carboxylic acids is 2. The highest BCUT2D eigenvalue weighted by atomic mass is 16.7. The van der Waals surface area contributed by atoms with Gasteiger partial charge in [-0.2, -0.15) is 0 Å². The van der Waals surface area contributed by atoms with E-state index in [1.54, 1.807) is 4.90 Å². The smallest absolute Gasteiger partial charge is 0.231 e. The van der Waals surface area contributed by atoms with E-state index >= 15 is 0 Å². The van der Waals surface area contributed by atoms with Gasteiger partial charge in [-0.05, 0) is 28.8 Å². The Hall–Kier alpha value is -3.06. The summed E-state index contributed by atoms with van der Waals surface area (Å²) >= 11 is 0. The summed E-state index contributed by atoms with van der Waals surface area (Å²) in [5, 5.41) is 2.94. The van der Waals surface area contributed by atoms with Gasteiger partial charge in [0.2, 0.25) is 18.6 Å². The first-order chi connectivity index (χ1) is 13.6. The second-order valence-electron chi connectivity index (χ2n) is 7.10. The fraction of sp³-hybridized carbons (Fsp3) is 0.333. The van der Waals surface area contributed by atoms with Crippen LogP contribution in [0.3, 0.4) is 0 Å². The number of nitrogens with two attached hydrogens (primary N) is 1. The molecule has 0 radical (unpaired) electrons. The van der Waals surface area contributed by atoms with Gasteiger partial charge in [-0.15, -0.1) is 0 Å². The number of nitrogens with one attached hydrogen (secondary N) is 1. The topological polar surface area (TPSA) is 93.9 Å². The predicted molar refractivity (Wildman–Crippen MR) is 102 cm³/mol. The Morgan fingerprint density at radius 1 is 1.11 bits per heavy atom. The van der Waals surface area contributed by atoms with E-state index in [0.29, 0.717) is 37.7 Å². The largest absolute Gasteiger partial charge is 0.454 e. The lowest BCUT2D eigenvalue weighted by molar-refractivity contribution is -0.129. The number of hydrogen-bond donors (Lipinski definition) is 2. The molecule has 2 heterocycles. The lowest BCUT2D eigenvalue weighted by Crippen LogP contribution is -2.32. The van der Waals surface area contributed by atoms with Gasteiger partial charge in [-0.3, -0.25) is 9.59 Å². The first-order valence-electron chi connectivity index (χ1n) is 9.34. The number of benzene rings is 2. The molecule has 7 heteroatoms. The minimum Gasteiger partial charge on any atom is -0.454 e. The van der Waals surface area contributed by atoms with Crippen LogP contribution >= 0.6 is 0 Å². The minimum absolute atomic E-state index is 0.0112. The fourth-order valence-corrected chi connectivity index (χ4v) is 3.56. The molecule has 1 atom stereocenters. The molecule has 1 saturated heterocycles. The average molecular weight is 381 g/mol. The van der Waals surface area contributed by atoms with Crippen molar-refractivity contribution in [1.82, 2.24) is 10.2 Å². The number of amides is 2. The summed E-state index contributed by atoms with van der Waals surface area (Å²) in [6, 6.07) is 13.5. The molecule has 28 heavy (non-hydrogen) atoms. The third-order valence-electron chi connectivity index (χ3n) is 5.09. The Labute approximate surface area is 163 Å². The van der Waals surface area contributed by atoms with Crippen LogP contribution < -0.4 is 20.5 Å². The third kappa shape index (κ3) is 3.94. The van der Waals surface area contributed by atoms with Crippen LogP contribution in [0.4, 0.5) is 0 Å². The van der Waals surface area contributed by atoms with Crippen molar-refractivity contribution in [1.29, 1.82) is 0 Å². The van der Waals surface area contributed by atoms with E-state index < -0.39 is 0 Å². The third-order valence-corrected chi connectivity index (χ3v) is 5.09. The number of ether oxygens (including phenoxy) is 2. The van der Waals surface area contributed by atoms with E-state index in [0.717, 1.165) is 16.7 Å². The lowest BCUT2D eigenvalue weighted by Gasteiger charge is -2.17. The number of hydrogen-bond acceptors (Lipinski definition) is 5. The van der Waals surface area contributed by atoms with Crippen molar-refractivity contribution in [3.63, 3.8) is 0 Å². The molecule has 0 bridgehead atoms. The Bertz CT molecular complexity index is 899. The first kappa shape index (κ1) is 18.3. The molecule has 4 rings (SSSR count). The zero-order valence-corrected chi connectivity index (χ0v) is 15.5. The standard InChI is InChI=1S/C21H23N3O4/c22-9-14-2-1-3-15(6-14)10-23-21(26)17-8-20(25)24(12-17)11-16-4-5-18-19(7-16)28-13-27-18/h1-7,17H,8-13,22H2,(H,23,26). The summed E-state index contributed by atoms with van der Waals surface area (Å²) in [5.74, 6) is 0.965. The Morgan fingerprint density at radius 3 is 2.79 bits per heavy atom. The van der Waals surface area contributed by atoms with Gasteiger partial charge in [0.15, 0.2) is 11.5 Å². The molecule has 3 N–H and O–H groups in total. The zero-order valence-electron chi connectivity index (χ0n) is 15.5. The van der Waals surface area contributed by atoms with Gasteiger partial charge >= 0.3 is 0 Å². The van der Waals surface area contributed by atoms with Crippen molar-refractivity contribution < 1.29 is 19.1 Å². The van der Waals surface area contributed by atoms with Crippen LogP contribution in [0.2, 0.25) is 0 Å². The summed E-state index contributed by atoms with van der Waals surface area (Å²) in [7, 11) is 0. The van der Waals surface area contributed by atoms with E-state index in [9.17, 15) is 9.59 Å². The molecular formula is C21H23N3O4. The van der Waals surface area contributed by atoms with E-state index in [2.05, 4.69) is 5.32 Å². The summed E-state index contributed by atoms with van der Waals surface area (Å²) < 4.78 is 10.7. The molecule has 2 aliphatic rings. The van der Waals surface area contributed by atoms with Crippen molar-refractivity contribution in [3.8, 4) is 11.5 Å². The van der Waals surface area contributed by atoms with E-state index in [1.807, 2.05) is 42.5 Å². The van der Waals surface area contributed by atoms with Gasteiger partial charge in [0.25, 0.3) is 0 Å². The van der Waals surface area contributed by atoms with Crippen molar-refractivity contribution in [3.05, 3.63) is 59.2 Å². The zero-order chi connectivity index (χ0) is 19.5.